The minimum Gasteiger partial charge on any atom is -0.501 e. The van der Waals surface area contributed by atoms with Crippen LogP contribution in [0.4, 0.5) is 10.1 Å². The molecule has 0 saturated carbocycles. The Balaban J connectivity index is 1.96. The van der Waals surface area contributed by atoms with Crippen molar-refractivity contribution in [2.24, 2.45) is 4.99 Å². The Bertz CT molecular complexity index is 1580. The van der Waals surface area contributed by atoms with Crippen LogP contribution < -0.4 is 14.9 Å². The number of nitro benzene ring substituents is 1. The third-order valence-corrected chi connectivity index (χ3v) is 6.85. The van der Waals surface area contributed by atoms with Gasteiger partial charge in [0.05, 0.1) is 37.8 Å². The molecule has 2 heterocycles. The normalized spacial score (nSPS) is 15.5. The van der Waals surface area contributed by atoms with Gasteiger partial charge in [0.15, 0.2) is 4.80 Å². The van der Waals surface area contributed by atoms with Crippen molar-refractivity contribution in [3.63, 3.8) is 0 Å². The van der Waals surface area contributed by atoms with Crippen molar-refractivity contribution in [3.05, 3.63) is 98.9 Å². The highest BCUT2D eigenvalue weighted by atomic mass is 79.9. The Kier molecular flexibility index (Phi) is 6.68. The average molecular weight is 562 g/mol. The van der Waals surface area contributed by atoms with Gasteiger partial charge >= 0.3 is 11.7 Å². The molecule has 9 nitrogen and oxygen atoms in total. The number of ether oxygens (including phenoxy) is 1. The maximum atomic E-state index is 13.6. The van der Waals surface area contributed by atoms with E-state index in [1.54, 1.807) is 13.8 Å². The second-order valence-electron chi connectivity index (χ2n) is 7.48. The molecule has 1 aromatic heterocycles. The largest absolute Gasteiger partial charge is 0.501 e. The number of rotatable bonds is 5. The summed E-state index contributed by atoms with van der Waals surface area (Å²) in [7, 11) is 0. The Morgan fingerprint density at radius 2 is 2.06 bits per heavy atom. The molecule has 35 heavy (non-hydrogen) atoms. The maximum absolute atomic E-state index is 13.6. The molecule has 0 radical (unpaired) electrons. The van der Waals surface area contributed by atoms with Crippen LogP contribution in [0.1, 0.15) is 31.0 Å². The van der Waals surface area contributed by atoms with Crippen molar-refractivity contribution in [2.45, 2.75) is 19.9 Å². The zero-order valence-electron chi connectivity index (χ0n) is 18.3. The standard InChI is InChI=1S/C23H17BrFN3O6S/c1-3-34-22(31)18-11(2)26-23-27(19(18)13-4-6-14(25)7-5-13)21(30)17(35-23)10-12-8-15(24)20(29)16(9-12)28(32)33/h4-10,19,29H,3H2,1-2H3/t19-/m0/s1. The van der Waals surface area contributed by atoms with E-state index in [-0.39, 0.29) is 21.2 Å². The number of aromatic nitrogens is 1. The van der Waals surface area contributed by atoms with Gasteiger partial charge in [0.25, 0.3) is 5.56 Å². The molecular weight excluding hydrogens is 545 g/mol. The first kappa shape index (κ1) is 24.5. The van der Waals surface area contributed by atoms with E-state index in [1.807, 2.05) is 0 Å². The number of carbonyl (C=O) groups excluding carboxylic acids is 1. The van der Waals surface area contributed by atoms with E-state index in [4.69, 9.17) is 4.74 Å². The van der Waals surface area contributed by atoms with Crippen molar-refractivity contribution < 1.29 is 24.0 Å². The van der Waals surface area contributed by atoms with Crippen molar-refractivity contribution in [3.8, 4) is 5.75 Å². The number of nitro groups is 1. The minimum absolute atomic E-state index is 0.0929. The van der Waals surface area contributed by atoms with Crippen LogP contribution in [0.25, 0.3) is 6.08 Å². The first-order chi connectivity index (χ1) is 16.6. The highest BCUT2D eigenvalue weighted by Gasteiger charge is 2.33. The number of phenolic OH excluding ortho intramolecular Hbond substituents is 1. The number of phenols is 1. The number of esters is 1. The molecule has 1 N–H and O–H groups in total. The Labute approximate surface area is 209 Å². The molecule has 0 fully saturated rings. The van der Waals surface area contributed by atoms with Gasteiger partial charge in [0.1, 0.15) is 5.82 Å². The molecule has 0 aliphatic carbocycles. The number of thiazole rings is 1. The zero-order valence-corrected chi connectivity index (χ0v) is 20.7. The fourth-order valence-corrected chi connectivity index (χ4v) is 5.24. The lowest BCUT2D eigenvalue weighted by molar-refractivity contribution is -0.386. The first-order valence-corrected chi connectivity index (χ1v) is 11.8. The second-order valence-corrected chi connectivity index (χ2v) is 9.34. The SMILES string of the molecule is CCOC(=O)C1=C(C)N=c2sc(=Cc3cc(Br)c(O)c([N+](=O)[O-])c3)c(=O)n2[C@H]1c1ccc(F)cc1. The fourth-order valence-electron chi connectivity index (χ4n) is 3.73. The number of halogens is 2. The summed E-state index contributed by atoms with van der Waals surface area (Å²) in [6, 6.07) is 7.10. The molecule has 1 aliphatic heterocycles. The molecule has 1 atom stereocenters. The Morgan fingerprint density at radius 3 is 2.69 bits per heavy atom. The maximum Gasteiger partial charge on any atom is 0.338 e. The third kappa shape index (κ3) is 4.54. The topological polar surface area (TPSA) is 124 Å². The van der Waals surface area contributed by atoms with Crippen LogP contribution in [0.3, 0.4) is 0 Å². The van der Waals surface area contributed by atoms with E-state index < -0.39 is 39.7 Å². The van der Waals surface area contributed by atoms with Crippen molar-refractivity contribution >= 4 is 45.0 Å². The summed E-state index contributed by atoms with van der Waals surface area (Å²) in [4.78, 5) is 41.6. The number of hydrogen-bond acceptors (Lipinski definition) is 8. The first-order valence-electron chi connectivity index (χ1n) is 10.2. The van der Waals surface area contributed by atoms with Crippen LogP contribution in [0.2, 0.25) is 0 Å². The van der Waals surface area contributed by atoms with Gasteiger partial charge in [-0.1, -0.05) is 23.5 Å². The number of allylic oxidation sites excluding steroid dienone is 1. The van der Waals surface area contributed by atoms with E-state index in [0.29, 0.717) is 21.6 Å². The van der Waals surface area contributed by atoms with Gasteiger partial charge in [0.2, 0.25) is 5.75 Å². The lowest BCUT2D eigenvalue weighted by atomic mass is 9.96. The van der Waals surface area contributed by atoms with E-state index >= 15 is 0 Å². The second kappa shape index (κ2) is 9.55. The predicted molar refractivity (Wildman–Crippen MR) is 129 cm³/mol. The molecular formula is C23H17BrFN3O6S. The summed E-state index contributed by atoms with van der Waals surface area (Å²) in [5.74, 6) is -1.64. The van der Waals surface area contributed by atoms with Gasteiger partial charge < -0.3 is 9.84 Å². The summed E-state index contributed by atoms with van der Waals surface area (Å²) in [5, 5.41) is 21.2. The third-order valence-electron chi connectivity index (χ3n) is 5.26. The van der Waals surface area contributed by atoms with Gasteiger partial charge in [-0.15, -0.1) is 0 Å². The van der Waals surface area contributed by atoms with E-state index in [1.165, 1.54) is 41.0 Å². The van der Waals surface area contributed by atoms with E-state index in [0.717, 1.165) is 17.4 Å². The molecule has 4 rings (SSSR count). The summed E-state index contributed by atoms with van der Waals surface area (Å²) >= 11 is 4.12. The van der Waals surface area contributed by atoms with Gasteiger partial charge in [-0.25, -0.2) is 14.2 Å². The molecule has 2 aromatic carbocycles. The van der Waals surface area contributed by atoms with Crippen LogP contribution in [0.5, 0.6) is 5.75 Å². The number of nitrogens with zero attached hydrogens (tertiary/aromatic N) is 3. The fraction of sp³-hybridized carbons (Fsp3) is 0.174. The average Bonchev–Trinajstić information content (AvgIpc) is 3.10. The highest BCUT2D eigenvalue weighted by molar-refractivity contribution is 9.10. The Hall–Kier alpha value is -3.64. The molecule has 0 unspecified atom stereocenters. The van der Waals surface area contributed by atoms with Crippen LogP contribution in [-0.2, 0) is 9.53 Å². The van der Waals surface area contributed by atoms with Gasteiger partial charge in [-0.2, -0.15) is 0 Å². The summed E-state index contributed by atoms with van der Waals surface area (Å²) in [6.45, 7) is 3.40. The van der Waals surface area contributed by atoms with Crippen LogP contribution in [0.15, 0.2) is 61.9 Å². The van der Waals surface area contributed by atoms with E-state index in [2.05, 4.69) is 20.9 Å². The summed E-state index contributed by atoms with van der Waals surface area (Å²) in [5.41, 5.74) is 0.270. The monoisotopic (exact) mass is 561 g/mol. The van der Waals surface area contributed by atoms with Crippen LogP contribution in [0, 0.1) is 15.9 Å². The summed E-state index contributed by atoms with van der Waals surface area (Å²) < 4.78 is 20.4. The van der Waals surface area contributed by atoms with Gasteiger partial charge in [-0.3, -0.25) is 19.5 Å². The molecule has 0 bridgehead atoms. The molecule has 0 spiro atoms. The van der Waals surface area contributed by atoms with Crippen molar-refractivity contribution in [1.82, 2.24) is 4.57 Å². The molecule has 1 aliphatic rings. The van der Waals surface area contributed by atoms with Gasteiger partial charge in [-0.05, 0) is 65.2 Å². The number of carbonyl (C=O) groups is 1. The van der Waals surface area contributed by atoms with Crippen molar-refractivity contribution in [1.29, 1.82) is 0 Å². The smallest absolute Gasteiger partial charge is 0.338 e. The number of fused-ring (bicyclic) bond motifs is 1. The predicted octanol–water partition coefficient (Wildman–Crippen LogP) is 3.31. The lowest BCUT2D eigenvalue weighted by Crippen LogP contribution is -2.39. The molecule has 3 aromatic rings. The van der Waals surface area contributed by atoms with Gasteiger partial charge in [0, 0.05) is 6.07 Å². The number of hydrogen-bond donors (Lipinski definition) is 1. The molecule has 12 heteroatoms. The number of aromatic hydroxyl groups is 1. The number of benzene rings is 2. The van der Waals surface area contributed by atoms with E-state index in [9.17, 15) is 29.2 Å². The minimum atomic E-state index is -0.908. The summed E-state index contributed by atoms with van der Waals surface area (Å²) in [6.07, 6.45) is 1.44. The molecule has 0 amide bonds. The quantitative estimate of drug-likeness (QED) is 0.289. The lowest BCUT2D eigenvalue weighted by Gasteiger charge is -2.24. The van der Waals surface area contributed by atoms with Crippen LogP contribution in [-0.4, -0.2) is 27.2 Å². The highest BCUT2D eigenvalue weighted by Crippen LogP contribution is 2.35. The molecule has 180 valence electrons. The van der Waals surface area contributed by atoms with Crippen molar-refractivity contribution in [2.75, 3.05) is 6.61 Å². The Morgan fingerprint density at radius 1 is 1.37 bits per heavy atom. The van der Waals surface area contributed by atoms with Crippen LogP contribution >= 0.6 is 27.3 Å². The zero-order chi connectivity index (χ0) is 25.4. The molecule has 0 saturated heterocycles.